The van der Waals surface area contributed by atoms with Crippen molar-refractivity contribution in [3.8, 4) is 6.07 Å². The van der Waals surface area contributed by atoms with Crippen LogP contribution in [0.25, 0.3) is 0 Å². The smallest absolute Gasteiger partial charge is 0.253 e. The molecule has 7 heteroatoms. The number of amides is 2. The van der Waals surface area contributed by atoms with E-state index < -0.39 is 0 Å². The predicted octanol–water partition coefficient (Wildman–Crippen LogP) is 3.49. The number of likely N-dealkylation sites (tertiary alicyclic amines) is 1. The van der Waals surface area contributed by atoms with Gasteiger partial charge in [-0.25, -0.2) is 4.98 Å². The van der Waals surface area contributed by atoms with Gasteiger partial charge in [0.25, 0.3) is 5.91 Å². The number of nitrogens with zero attached hydrogens (tertiary/aromatic N) is 3. The molecule has 4 rings (SSSR count). The first kappa shape index (κ1) is 20.5. The van der Waals surface area contributed by atoms with E-state index in [1.54, 1.807) is 35.6 Å². The monoisotopic (exact) mass is 422 g/mol. The Hall–Kier alpha value is -2.72. The molecule has 0 bridgehead atoms. The molecule has 2 fully saturated rings. The highest BCUT2D eigenvalue weighted by Crippen LogP contribution is 2.30. The Kier molecular flexibility index (Phi) is 6.44. The van der Waals surface area contributed by atoms with Crippen molar-refractivity contribution in [1.82, 2.24) is 15.2 Å². The summed E-state index contributed by atoms with van der Waals surface area (Å²) < 4.78 is 0. The van der Waals surface area contributed by atoms with Gasteiger partial charge in [-0.15, -0.1) is 11.3 Å². The third-order valence-electron chi connectivity index (χ3n) is 6.02. The normalized spacial score (nSPS) is 19.0. The van der Waals surface area contributed by atoms with Gasteiger partial charge in [-0.05, 0) is 43.9 Å². The van der Waals surface area contributed by atoms with Crippen molar-refractivity contribution in [2.45, 2.75) is 44.4 Å². The molecular weight excluding hydrogens is 396 g/mol. The molecule has 156 valence electrons. The second-order valence-electron chi connectivity index (χ2n) is 8.13. The van der Waals surface area contributed by atoms with Gasteiger partial charge in [0.1, 0.15) is 0 Å². The van der Waals surface area contributed by atoms with E-state index in [-0.39, 0.29) is 23.7 Å². The van der Waals surface area contributed by atoms with E-state index in [0.29, 0.717) is 24.2 Å². The highest BCUT2D eigenvalue weighted by atomic mass is 32.1. The number of thiazole rings is 1. The number of nitrogens with one attached hydrogen (secondary N) is 1. The van der Waals surface area contributed by atoms with Crippen molar-refractivity contribution in [3.63, 3.8) is 0 Å². The molecule has 1 aromatic carbocycles. The fraction of sp³-hybridized carbons (Fsp3) is 0.478. The Labute approximate surface area is 180 Å². The maximum Gasteiger partial charge on any atom is 0.253 e. The van der Waals surface area contributed by atoms with Crippen molar-refractivity contribution in [3.05, 3.63) is 51.5 Å². The number of hydrogen-bond acceptors (Lipinski definition) is 5. The van der Waals surface area contributed by atoms with Crippen LogP contribution in [0, 0.1) is 17.2 Å². The summed E-state index contributed by atoms with van der Waals surface area (Å²) in [5, 5.41) is 15.2. The maximum absolute atomic E-state index is 12.9. The van der Waals surface area contributed by atoms with Crippen molar-refractivity contribution in [1.29, 1.82) is 5.26 Å². The van der Waals surface area contributed by atoms with Crippen LogP contribution in [0.4, 0.5) is 0 Å². The first-order valence-electron chi connectivity index (χ1n) is 10.7. The molecule has 30 heavy (non-hydrogen) atoms. The van der Waals surface area contributed by atoms with Crippen LogP contribution >= 0.6 is 11.3 Å². The number of carbonyl (C=O) groups excluding carboxylic acids is 2. The van der Waals surface area contributed by atoms with Crippen LogP contribution in [-0.2, 0) is 11.2 Å². The fourth-order valence-electron chi connectivity index (χ4n) is 4.02. The molecule has 1 aliphatic heterocycles. The summed E-state index contributed by atoms with van der Waals surface area (Å²) in [6.07, 6.45) is 5.91. The summed E-state index contributed by atoms with van der Waals surface area (Å²) in [4.78, 5) is 31.5. The predicted molar refractivity (Wildman–Crippen MR) is 115 cm³/mol. The van der Waals surface area contributed by atoms with Gasteiger partial charge in [0.15, 0.2) is 0 Å². The first-order chi connectivity index (χ1) is 14.6. The van der Waals surface area contributed by atoms with Gasteiger partial charge in [-0.3, -0.25) is 9.59 Å². The molecule has 6 nitrogen and oxygen atoms in total. The summed E-state index contributed by atoms with van der Waals surface area (Å²) in [7, 11) is 0. The van der Waals surface area contributed by atoms with E-state index in [1.165, 1.54) is 0 Å². The molecule has 1 atom stereocenters. The van der Waals surface area contributed by atoms with E-state index in [2.05, 4.69) is 16.8 Å². The number of nitriles is 1. The van der Waals surface area contributed by atoms with Crippen molar-refractivity contribution >= 4 is 23.2 Å². The summed E-state index contributed by atoms with van der Waals surface area (Å²) >= 11 is 1.65. The minimum absolute atomic E-state index is 0.0210. The molecule has 0 unspecified atom stereocenters. The molecule has 1 saturated heterocycles. The molecular formula is C23H26N4O2S. The largest absolute Gasteiger partial charge is 0.355 e. The zero-order chi connectivity index (χ0) is 20.9. The Morgan fingerprint density at radius 1 is 1.27 bits per heavy atom. The summed E-state index contributed by atoms with van der Waals surface area (Å²) in [6.45, 7) is 2.02. The van der Waals surface area contributed by atoms with Gasteiger partial charge in [-0.2, -0.15) is 5.26 Å². The van der Waals surface area contributed by atoms with E-state index in [1.807, 2.05) is 4.90 Å². The molecule has 1 saturated carbocycles. The van der Waals surface area contributed by atoms with Crippen LogP contribution in [0.3, 0.4) is 0 Å². The zero-order valence-electron chi connectivity index (χ0n) is 17.0. The maximum atomic E-state index is 12.9. The second-order valence-corrected chi connectivity index (χ2v) is 9.02. The topological polar surface area (TPSA) is 86.1 Å². The van der Waals surface area contributed by atoms with Crippen molar-refractivity contribution in [2.24, 2.45) is 5.92 Å². The number of carbonyl (C=O) groups is 2. The average Bonchev–Trinajstić information content (AvgIpc) is 3.21. The fourth-order valence-corrected chi connectivity index (χ4v) is 5.00. The third kappa shape index (κ3) is 4.71. The van der Waals surface area contributed by atoms with Crippen LogP contribution in [0.2, 0.25) is 0 Å². The lowest BCUT2D eigenvalue weighted by Crippen LogP contribution is -2.39. The van der Waals surface area contributed by atoms with Gasteiger partial charge >= 0.3 is 0 Å². The number of rotatable bonds is 6. The highest BCUT2D eigenvalue weighted by molar-refractivity contribution is 7.09. The van der Waals surface area contributed by atoms with Crippen LogP contribution in [0.15, 0.2) is 29.6 Å². The van der Waals surface area contributed by atoms with Crippen LogP contribution < -0.4 is 5.32 Å². The number of benzene rings is 1. The van der Waals surface area contributed by atoms with Gasteiger partial charge < -0.3 is 10.2 Å². The Morgan fingerprint density at radius 3 is 2.90 bits per heavy atom. The minimum Gasteiger partial charge on any atom is -0.355 e. The molecule has 0 spiro atoms. The molecule has 1 aromatic heterocycles. The van der Waals surface area contributed by atoms with Gasteiger partial charge in [0.05, 0.1) is 22.3 Å². The lowest BCUT2D eigenvalue weighted by Gasteiger charge is -2.32. The van der Waals surface area contributed by atoms with Gasteiger partial charge in [-0.1, -0.05) is 12.5 Å². The van der Waals surface area contributed by atoms with E-state index in [9.17, 15) is 9.59 Å². The minimum atomic E-state index is -0.0210. The number of hydrogen-bond donors (Lipinski definition) is 1. The Balaban J connectivity index is 1.32. The lowest BCUT2D eigenvalue weighted by atomic mass is 9.85. The summed E-state index contributed by atoms with van der Waals surface area (Å²) in [5.41, 5.74) is 2.08. The van der Waals surface area contributed by atoms with Gasteiger partial charge in [0.2, 0.25) is 5.91 Å². The molecule has 2 heterocycles. The van der Waals surface area contributed by atoms with Crippen LogP contribution in [0.5, 0.6) is 0 Å². The number of aromatic nitrogens is 1. The number of piperidine rings is 1. The SMILES string of the molecule is N#Cc1cccc(C(=O)N2CCC[C@@H](c3nc(CCNC(=O)C4CCC4)cs3)C2)c1. The van der Waals surface area contributed by atoms with Gasteiger partial charge in [0, 0.05) is 48.8 Å². The van der Waals surface area contributed by atoms with Crippen LogP contribution in [0.1, 0.15) is 64.6 Å². The second kappa shape index (κ2) is 9.40. The summed E-state index contributed by atoms with van der Waals surface area (Å²) in [5.74, 6) is 0.617. The van der Waals surface area contributed by atoms with Crippen molar-refractivity contribution < 1.29 is 9.59 Å². The first-order valence-corrected chi connectivity index (χ1v) is 11.5. The molecule has 0 radical (unpaired) electrons. The highest BCUT2D eigenvalue weighted by Gasteiger charge is 2.28. The molecule has 2 aliphatic rings. The Morgan fingerprint density at radius 2 is 2.13 bits per heavy atom. The quantitative estimate of drug-likeness (QED) is 0.772. The lowest BCUT2D eigenvalue weighted by molar-refractivity contribution is -0.127. The van der Waals surface area contributed by atoms with Crippen LogP contribution in [-0.4, -0.2) is 41.3 Å². The van der Waals surface area contributed by atoms with E-state index in [4.69, 9.17) is 10.2 Å². The zero-order valence-corrected chi connectivity index (χ0v) is 17.8. The molecule has 2 amide bonds. The average molecular weight is 423 g/mol. The van der Waals surface area contributed by atoms with E-state index in [0.717, 1.165) is 55.8 Å². The molecule has 1 aliphatic carbocycles. The molecule has 1 N–H and O–H groups in total. The van der Waals surface area contributed by atoms with E-state index >= 15 is 0 Å². The standard InChI is InChI=1S/C23H26N4O2S/c24-13-16-4-1-7-18(12-16)23(29)27-11-3-8-19(14-27)22-26-20(15-30-22)9-10-25-21(28)17-5-2-6-17/h1,4,7,12,15,17,19H,2-3,5-6,8-11,14H2,(H,25,28)/t19-/m1/s1. The third-order valence-corrected chi connectivity index (χ3v) is 7.08. The Bertz CT molecular complexity index is 960. The van der Waals surface area contributed by atoms with Crippen molar-refractivity contribution in [2.75, 3.05) is 19.6 Å². The summed E-state index contributed by atoms with van der Waals surface area (Å²) in [6, 6.07) is 8.99. The molecule has 2 aromatic rings.